The summed E-state index contributed by atoms with van der Waals surface area (Å²) in [6.07, 6.45) is 3.19. The number of esters is 1. The fourth-order valence-electron chi connectivity index (χ4n) is 2.30. The van der Waals surface area contributed by atoms with Crippen molar-refractivity contribution in [1.29, 1.82) is 0 Å². The number of carbonyl (C=O) groups excluding carboxylic acids is 2. The SMILES string of the molecule is COc1cc(/C=C/C(=O)c2ccc(Br)cc2)ccc1OC(=O)c1cccs1. The summed E-state index contributed by atoms with van der Waals surface area (Å²) in [5.74, 6) is 0.206. The van der Waals surface area contributed by atoms with Gasteiger partial charge < -0.3 is 9.47 Å². The average molecular weight is 443 g/mol. The molecule has 0 saturated carbocycles. The summed E-state index contributed by atoms with van der Waals surface area (Å²) in [4.78, 5) is 24.8. The van der Waals surface area contributed by atoms with E-state index in [4.69, 9.17) is 9.47 Å². The highest BCUT2D eigenvalue weighted by molar-refractivity contribution is 9.10. The van der Waals surface area contributed by atoms with Crippen LogP contribution in [0, 0.1) is 0 Å². The zero-order chi connectivity index (χ0) is 19.2. The Morgan fingerprint density at radius 2 is 1.81 bits per heavy atom. The molecule has 0 spiro atoms. The fraction of sp³-hybridized carbons (Fsp3) is 0.0476. The number of carbonyl (C=O) groups is 2. The van der Waals surface area contributed by atoms with E-state index < -0.39 is 5.97 Å². The van der Waals surface area contributed by atoms with Gasteiger partial charge in [0.1, 0.15) is 4.88 Å². The minimum Gasteiger partial charge on any atom is -0.493 e. The molecule has 3 aromatic rings. The Balaban J connectivity index is 1.74. The quantitative estimate of drug-likeness (QED) is 0.214. The van der Waals surface area contributed by atoms with Gasteiger partial charge in [-0.05, 0) is 59.5 Å². The molecule has 27 heavy (non-hydrogen) atoms. The van der Waals surface area contributed by atoms with Gasteiger partial charge in [0.25, 0.3) is 0 Å². The molecule has 0 saturated heterocycles. The summed E-state index contributed by atoms with van der Waals surface area (Å²) < 4.78 is 11.6. The second kappa shape index (κ2) is 8.79. The lowest BCUT2D eigenvalue weighted by atomic mass is 10.1. The maximum absolute atomic E-state index is 12.2. The molecule has 0 aliphatic heterocycles. The standard InChI is InChI=1S/C21H15BrO4S/c1-25-19-13-14(4-10-17(23)15-6-8-16(22)9-7-15)5-11-18(19)26-21(24)20-3-2-12-27-20/h2-13H,1H3/b10-4+. The summed E-state index contributed by atoms with van der Waals surface area (Å²) in [6, 6.07) is 15.7. The molecule has 0 aliphatic carbocycles. The molecule has 0 atom stereocenters. The highest BCUT2D eigenvalue weighted by Crippen LogP contribution is 2.29. The molecule has 0 amide bonds. The van der Waals surface area contributed by atoms with E-state index in [1.165, 1.54) is 24.5 Å². The molecule has 6 heteroatoms. The molecule has 136 valence electrons. The number of hydrogen-bond donors (Lipinski definition) is 0. The molecule has 0 radical (unpaired) electrons. The molecular weight excluding hydrogens is 428 g/mol. The van der Waals surface area contributed by atoms with Gasteiger partial charge in [-0.1, -0.05) is 34.1 Å². The molecule has 4 nitrogen and oxygen atoms in total. The number of halogens is 1. The molecule has 1 aromatic heterocycles. The number of allylic oxidation sites excluding steroid dienone is 1. The first kappa shape index (κ1) is 19.1. The minimum absolute atomic E-state index is 0.102. The number of thiophene rings is 1. The zero-order valence-electron chi connectivity index (χ0n) is 14.3. The monoisotopic (exact) mass is 442 g/mol. The first-order valence-corrected chi connectivity index (χ1v) is 9.66. The van der Waals surface area contributed by atoms with Gasteiger partial charge in [0, 0.05) is 10.0 Å². The lowest BCUT2D eigenvalue weighted by Gasteiger charge is -2.09. The van der Waals surface area contributed by atoms with E-state index in [1.807, 2.05) is 17.5 Å². The fourth-order valence-corrected chi connectivity index (χ4v) is 3.16. The van der Waals surface area contributed by atoms with Crippen molar-refractivity contribution in [1.82, 2.24) is 0 Å². The van der Waals surface area contributed by atoms with Gasteiger partial charge in [-0.15, -0.1) is 11.3 Å². The smallest absolute Gasteiger partial charge is 0.353 e. The lowest BCUT2D eigenvalue weighted by molar-refractivity contribution is 0.0734. The summed E-state index contributed by atoms with van der Waals surface area (Å²) in [6.45, 7) is 0. The number of rotatable bonds is 6. The Morgan fingerprint density at radius 1 is 1.04 bits per heavy atom. The van der Waals surface area contributed by atoms with Crippen LogP contribution >= 0.6 is 27.3 Å². The highest BCUT2D eigenvalue weighted by atomic mass is 79.9. The van der Waals surface area contributed by atoms with Crippen LogP contribution in [0.15, 0.2) is 70.5 Å². The number of benzene rings is 2. The van der Waals surface area contributed by atoms with Crippen LogP contribution in [0.4, 0.5) is 0 Å². The van der Waals surface area contributed by atoms with Crippen molar-refractivity contribution in [3.05, 3.63) is 86.5 Å². The second-order valence-corrected chi connectivity index (χ2v) is 7.34. The van der Waals surface area contributed by atoms with E-state index in [0.29, 0.717) is 21.9 Å². The molecule has 0 fully saturated rings. The van der Waals surface area contributed by atoms with E-state index in [1.54, 1.807) is 48.5 Å². The highest BCUT2D eigenvalue weighted by Gasteiger charge is 2.13. The normalized spacial score (nSPS) is 10.7. The summed E-state index contributed by atoms with van der Waals surface area (Å²) in [5, 5.41) is 1.81. The van der Waals surface area contributed by atoms with Gasteiger partial charge in [0.15, 0.2) is 17.3 Å². The second-order valence-electron chi connectivity index (χ2n) is 5.48. The Morgan fingerprint density at radius 3 is 2.48 bits per heavy atom. The Bertz CT molecular complexity index is 976. The van der Waals surface area contributed by atoms with E-state index >= 15 is 0 Å². The number of methoxy groups -OCH3 is 1. The van der Waals surface area contributed by atoms with E-state index in [-0.39, 0.29) is 5.78 Å². The summed E-state index contributed by atoms with van der Waals surface area (Å²) in [5.41, 5.74) is 1.36. The topological polar surface area (TPSA) is 52.6 Å². The Kier molecular flexibility index (Phi) is 6.21. The number of ketones is 1. The van der Waals surface area contributed by atoms with Crippen molar-refractivity contribution in [3.8, 4) is 11.5 Å². The predicted molar refractivity (Wildman–Crippen MR) is 110 cm³/mol. The van der Waals surface area contributed by atoms with Gasteiger partial charge in [0.05, 0.1) is 7.11 Å². The first-order chi connectivity index (χ1) is 13.1. The van der Waals surface area contributed by atoms with Crippen LogP contribution in [0.5, 0.6) is 11.5 Å². The van der Waals surface area contributed by atoms with Gasteiger partial charge >= 0.3 is 5.97 Å². The predicted octanol–water partition coefficient (Wildman–Crippen LogP) is 5.63. The van der Waals surface area contributed by atoms with Crippen LogP contribution in [-0.4, -0.2) is 18.9 Å². The molecule has 2 aromatic carbocycles. The first-order valence-electron chi connectivity index (χ1n) is 7.98. The number of ether oxygens (including phenoxy) is 2. The van der Waals surface area contributed by atoms with Crippen LogP contribution in [0.1, 0.15) is 25.6 Å². The van der Waals surface area contributed by atoms with Crippen LogP contribution in [0.25, 0.3) is 6.08 Å². The van der Waals surface area contributed by atoms with Gasteiger partial charge in [-0.25, -0.2) is 4.79 Å². The third-order valence-corrected chi connectivity index (χ3v) is 5.05. The maximum atomic E-state index is 12.2. The molecular formula is C21H15BrO4S. The minimum atomic E-state index is -0.433. The lowest BCUT2D eigenvalue weighted by Crippen LogP contribution is -2.07. The van der Waals surface area contributed by atoms with Crippen molar-refractivity contribution < 1.29 is 19.1 Å². The van der Waals surface area contributed by atoms with Crippen LogP contribution in [-0.2, 0) is 0 Å². The third kappa shape index (κ3) is 4.93. The average Bonchev–Trinajstić information content (AvgIpc) is 3.22. The van der Waals surface area contributed by atoms with Crippen molar-refractivity contribution in [2.24, 2.45) is 0 Å². The zero-order valence-corrected chi connectivity index (χ0v) is 16.7. The van der Waals surface area contributed by atoms with Crippen molar-refractivity contribution in [2.45, 2.75) is 0 Å². The Hall–Kier alpha value is -2.70. The Labute approximate surface area is 169 Å². The van der Waals surface area contributed by atoms with Gasteiger partial charge in [0.2, 0.25) is 0 Å². The van der Waals surface area contributed by atoms with Crippen LogP contribution < -0.4 is 9.47 Å². The summed E-state index contributed by atoms with van der Waals surface area (Å²) >= 11 is 4.65. The van der Waals surface area contributed by atoms with Crippen LogP contribution in [0.2, 0.25) is 0 Å². The summed E-state index contributed by atoms with van der Waals surface area (Å²) in [7, 11) is 1.50. The van der Waals surface area contributed by atoms with Crippen LogP contribution in [0.3, 0.4) is 0 Å². The van der Waals surface area contributed by atoms with E-state index in [2.05, 4.69) is 15.9 Å². The van der Waals surface area contributed by atoms with Gasteiger partial charge in [-0.2, -0.15) is 0 Å². The molecule has 1 heterocycles. The van der Waals surface area contributed by atoms with E-state index in [0.717, 1.165) is 10.0 Å². The molecule has 0 bridgehead atoms. The van der Waals surface area contributed by atoms with Crippen molar-refractivity contribution >= 4 is 45.1 Å². The van der Waals surface area contributed by atoms with E-state index in [9.17, 15) is 9.59 Å². The van der Waals surface area contributed by atoms with Crippen molar-refractivity contribution in [2.75, 3.05) is 7.11 Å². The third-order valence-electron chi connectivity index (χ3n) is 3.67. The number of hydrogen-bond acceptors (Lipinski definition) is 5. The largest absolute Gasteiger partial charge is 0.493 e. The molecule has 3 rings (SSSR count). The maximum Gasteiger partial charge on any atom is 0.353 e. The molecule has 0 aliphatic rings. The van der Waals surface area contributed by atoms with Crippen molar-refractivity contribution in [3.63, 3.8) is 0 Å². The molecule has 0 unspecified atom stereocenters. The van der Waals surface area contributed by atoms with Gasteiger partial charge in [-0.3, -0.25) is 4.79 Å². The molecule has 0 N–H and O–H groups in total.